The summed E-state index contributed by atoms with van der Waals surface area (Å²) >= 11 is 0. The van der Waals surface area contributed by atoms with Crippen LogP contribution >= 0.6 is 0 Å². The Hall–Kier alpha value is -2.29. The highest BCUT2D eigenvalue weighted by Gasteiger charge is 2.14. The first-order chi connectivity index (χ1) is 11.0. The zero-order valence-electron chi connectivity index (χ0n) is 14.3. The minimum atomic E-state index is -0.0636. The number of nitrogens with one attached hydrogen (secondary N) is 1. The quantitative estimate of drug-likeness (QED) is 0.650. The number of rotatable bonds is 5. The summed E-state index contributed by atoms with van der Waals surface area (Å²) in [6.07, 6.45) is 0.931. The van der Waals surface area contributed by atoms with Gasteiger partial charge in [-0.25, -0.2) is 0 Å². The maximum Gasteiger partial charge on any atom is 0.188 e. The van der Waals surface area contributed by atoms with Crippen LogP contribution in [-0.2, 0) is 0 Å². The zero-order valence-corrected chi connectivity index (χ0v) is 14.3. The smallest absolute Gasteiger partial charge is 0.188 e. The van der Waals surface area contributed by atoms with E-state index in [1.165, 1.54) is 11.1 Å². The fourth-order valence-electron chi connectivity index (χ4n) is 2.63. The summed E-state index contributed by atoms with van der Waals surface area (Å²) in [5.74, 6) is 0.848. The Morgan fingerprint density at radius 3 is 1.87 bits per heavy atom. The molecule has 0 aliphatic carbocycles. The van der Waals surface area contributed by atoms with Crippen molar-refractivity contribution in [3.8, 4) is 0 Å². The molecule has 2 rings (SSSR count). The van der Waals surface area contributed by atoms with Crippen molar-refractivity contribution >= 4 is 5.96 Å². The monoisotopic (exact) mass is 309 g/mol. The molecule has 0 amide bonds. The van der Waals surface area contributed by atoms with Gasteiger partial charge in [-0.15, -0.1) is 0 Å². The first-order valence-corrected chi connectivity index (χ1v) is 8.14. The van der Waals surface area contributed by atoms with Gasteiger partial charge in [0.05, 0.1) is 0 Å². The highest BCUT2D eigenvalue weighted by atomic mass is 15.1. The fraction of sp³-hybridized carbons (Fsp3) is 0.350. The van der Waals surface area contributed by atoms with Gasteiger partial charge in [0.15, 0.2) is 5.96 Å². The molecule has 0 aliphatic rings. The summed E-state index contributed by atoms with van der Waals surface area (Å²) in [7, 11) is 0. The van der Waals surface area contributed by atoms with Crippen molar-refractivity contribution in [2.24, 2.45) is 10.7 Å². The molecule has 0 aromatic heterocycles. The molecule has 0 radical (unpaired) electrons. The van der Waals surface area contributed by atoms with E-state index in [0.29, 0.717) is 18.4 Å². The number of benzene rings is 2. The normalized spacial score (nSPS) is 12.4. The van der Waals surface area contributed by atoms with Crippen LogP contribution in [0.5, 0.6) is 0 Å². The third kappa shape index (κ3) is 5.78. The fourth-order valence-corrected chi connectivity index (χ4v) is 2.63. The Bertz CT molecular complexity index is 573. The van der Waals surface area contributed by atoms with Crippen LogP contribution in [0.15, 0.2) is 65.7 Å². The molecule has 0 saturated heterocycles. The third-order valence-corrected chi connectivity index (χ3v) is 3.61. The number of guanidine groups is 1. The third-order valence-electron chi connectivity index (χ3n) is 3.61. The standard InChI is InChI=1S/C20H27N3/c1-20(2,3)23-19(21)22-15-14-18(16-10-6-4-7-11-16)17-12-8-5-9-13-17/h4-13,18H,14-15H2,1-3H3,(H3,21,22,23). The molecule has 2 aromatic rings. The molecule has 122 valence electrons. The summed E-state index contributed by atoms with van der Waals surface area (Å²) in [4.78, 5) is 4.48. The molecule has 0 fully saturated rings. The Morgan fingerprint density at radius 2 is 1.43 bits per heavy atom. The minimum Gasteiger partial charge on any atom is -0.370 e. The summed E-state index contributed by atoms with van der Waals surface area (Å²) in [6, 6.07) is 21.2. The Balaban J connectivity index is 2.09. The van der Waals surface area contributed by atoms with Gasteiger partial charge >= 0.3 is 0 Å². The molecule has 3 heteroatoms. The van der Waals surface area contributed by atoms with Gasteiger partial charge in [-0.2, -0.15) is 0 Å². The lowest BCUT2D eigenvalue weighted by Crippen LogP contribution is -2.45. The second-order valence-electron chi connectivity index (χ2n) is 6.80. The molecular formula is C20H27N3. The van der Waals surface area contributed by atoms with Gasteiger partial charge in [-0.1, -0.05) is 60.7 Å². The lowest BCUT2D eigenvalue weighted by molar-refractivity contribution is 0.508. The van der Waals surface area contributed by atoms with Gasteiger partial charge in [0, 0.05) is 18.0 Å². The number of hydrogen-bond donors (Lipinski definition) is 2. The van der Waals surface area contributed by atoms with Crippen molar-refractivity contribution in [3.63, 3.8) is 0 Å². The van der Waals surface area contributed by atoms with Crippen LogP contribution in [0.2, 0.25) is 0 Å². The zero-order chi connectivity index (χ0) is 16.7. The molecule has 3 N–H and O–H groups in total. The number of nitrogens with zero attached hydrogens (tertiary/aromatic N) is 1. The predicted octanol–water partition coefficient (Wildman–Crippen LogP) is 3.91. The molecule has 0 heterocycles. The van der Waals surface area contributed by atoms with Crippen molar-refractivity contribution in [3.05, 3.63) is 71.8 Å². The van der Waals surface area contributed by atoms with Gasteiger partial charge in [-0.05, 0) is 38.3 Å². The molecule has 0 aliphatic heterocycles. The average Bonchev–Trinajstić information content (AvgIpc) is 2.51. The maximum absolute atomic E-state index is 5.96. The topological polar surface area (TPSA) is 50.4 Å². The van der Waals surface area contributed by atoms with Crippen molar-refractivity contribution in [1.29, 1.82) is 0 Å². The van der Waals surface area contributed by atoms with E-state index in [0.717, 1.165) is 6.42 Å². The Kier molecular flexibility index (Phi) is 5.80. The summed E-state index contributed by atoms with van der Waals surface area (Å²) < 4.78 is 0. The number of hydrogen-bond acceptors (Lipinski definition) is 1. The number of nitrogens with two attached hydrogens (primary N) is 1. The van der Waals surface area contributed by atoms with E-state index in [1.807, 2.05) is 0 Å². The lowest BCUT2D eigenvalue weighted by atomic mass is 9.89. The molecule has 3 nitrogen and oxygen atoms in total. The summed E-state index contributed by atoms with van der Waals surface area (Å²) in [5.41, 5.74) is 8.53. The van der Waals surface area contributed by atoms with Crippen molar-refractivity contribution in [2.45, 2.75) is 38.6 Å². The van der Waals surface area contributed by atoms with E-state index >= 15 is 0 Å². The minimum absolute atomic E-state index is 0.0636. The van der Waals surface area contributed by atoms with Gasteiger partial charge in [-0.3, -0.25) is 4.99 Å². The van der Waals surface area contributed by atoms with E-state index in [4.69, 9.17) is 5.73 Å². The predicted molar refractivity (Wildman–Crippen MR) is 98.7 cm³/mol. The molecule has 0 saturated carbocycles. The number of aliphatic imine (C=N–C) groups is 1. The van der Waals surface area contributed by atoms with Crippen molar-refractivity contribution < 1.29 is 0 Å². The summed E-state index contributed by atoms with van der Waals surface area (Å²) in [6.45, 7) is 6.92. The molecular weight excluding hydrogens is 282 g/mol. The van der Waals surface area contributed by atoms with Crippen LogP contribution in [-0.4, -0.2) is 18.0 Å². The molecule has 0 bridgehead atoms. The van der Waals surface area contributed by atoms with Gasteiger partial charge < -0.3 is 11.1 Å². The molecule has 0 spiro atoms. The highest BCUT2D eigenvalue weighted by Crippen LogP contribution is 2.27. The molecule has 23 heavy (non-hydrogen) atoms. The van der Waals surface area contributed by atoms with Crippen molar-refractivity contribution in [1.82, 2.24) is 5.32 Å². The van der Waals surface area contributed by atoms with Crippen LogP contribution in [0.4, 0.5) is 0 Å². The van der Waals surface area contributed by atoms with Crippen LogP contribution in [0.1, 0.15) is 44.2 Å². The van der Waals surface area contributed by atoms with Crippen LogP contribution in [0.3, 0.4) is 0 Å². The van der Waals surface area contributed by atoms with Crippen LogP contribution < -0.4 is 11.1 Å². The molecule has 0 atom stereocenters. The summed E-state index contributed by atoms with van der Waals surface area (Å²) in [5, 5.41) is 3.20. The van der Waals surface area contributed by atoms with Gasteiger partial charge in [0.2, 0.25) is 0 Å². The SMILES string of the molecule is CC(C)(C)NC(N)=NCCC(c1ccccc1)c1ccccc1. The van der Waals surface area contributed by atoms with Crippen LogP contribution in [0, 0.1) is 0 Å². The van der Waals surface area contributed by atoms with E-state index in [-0.39, 0.29) is 5.54 Å². The lowest BCUT2D eigenvalue weighted by Gasteiger charge is -2.21. The van der Waals surface area contributed by atoms with Gasteiger partial charge in [0.25, 0.3) is 0 Å². The first-order valence-electron chi connectivity index (χ1n) is 8.14. The van der Waals surface area contributed by atoms with Crippen molar-refractivity contribution in [2.75, 3.05) is 6.54 Å². The van der Waals surface area contributed by atoms with Gasteiger partial charge in [0.1, 0.15) is 0 Å². The van der Waals surface area contributed by atoms with E-state index < -0.39 is 0 Å². The largest absolute Gasteiger partial charge is 0.370 e. The highest BCUT2D eigenvalue weighted by molar-refractivity contribution is 5.78. The van der Waals surface area contributed by atoms with E-state index in [2.05, 4.69) is 91.7 Å². The van der Waals surface area contributed by atoms with E-state index in [9.17, 15) is 0 Å². The average molecular weight is 309 g/mol. The Labute approximate surface area is 139 Å². The van der Waals surface area contributed by atoms with Crippen LogP contribution in [0.25, 0.3) is 0 Å². The first kappa shape index (κ1) is 17.1. The molecule has 0 unspecified atom stereocenters. The second-order valence-corrected chi connectivity index (χ2v) is 6.80. The van der Waals surface area contributed by atoms with E-state index in [1.54, 1.807) is 0 Å². The Morgan fingerprint density at radius 1 is 0.957 bits per heavy atom. The molecule has 2 aromatic carbocycles. The second kappa shape index (κ2) is 7.82. The maximum atomic E-state index is 5.96.